The Hall–Kier alpha value is -2.34. The smallest absolute Gasteiger partial charge is 0.223 e. The van der Waals surface area contributed by atoms with Gasteiger partial charge in [-0.1, -0.05) is 0 Å². The number of nitrogens with zero attached hydrogens (tertiary/aromatic N) is 3. The summed E-state index contributed by atoms with van der Waals surface area (Å²) >= 11 is 0. The van der Waals surface area contributed by atoms with Crippen molar-refractivity contribution in [3.8, 4) is 17.1 Å². The van der Waals surface area contributed by atoms with Gasteiger partial charge < -0.3 is 19.0 Å². The SMILES string of the molecule is CCOc1ccc(-c2cnc(CCC(=O)N3CCN(C)CC3)o2)cc1. The van der Waals surface area contributed by atoms with Gasteiger partial charge in [0.05, 0.1) is 12.8 Å². The van der Waals surface area contributed by atoms with Crippen LogP contribution in [-0.2, 0) is 11.2 Å². The summed E-state index contributed by atoms with van der Waals surface area (Å²) in [7, 11) is 2.08. The molecule has 1 amide bonds. The number of ether oxygens (including phenoxy) is 1. The van der Waals surface area contributed by atoms with Crippen molar-refractivity contribution in [2.75, 3.05) is 39.8 Å². The van der Waals surface area contributed by atoms with Crippen LogP contribution in [0, 0.1) is 0 Å². The molecule has 1 aromatic carbocycles. The van der Waals surface area contributed by atoms with E-state index in [1.807, 2.05) is 36.1 Å². The number of carbonyl (C=O) groups is 1. The van der Waals surface area contributed by atoms with Crippen molar-refractivity contribution >= 4 is 5.91 Å². The second-order valence-electron chi connectivity index (χ2n) is 6.26. The zero-order valence-electron chi connectivity index (χ0n) is 14.9. The van der Waals surface area contributed by atoms with Gasteiger partial charge in [-0.05, 0) is 38.2 Å². The summed E-state index contributed by atoms with van der Waals surface area (Å²) in [6, 6.07) is 7.73. The Morgan fingerprint density at radius 1 is 1.20 bits per heavy atom. The van der Waals surface area contributed by atoms with E-state index >= 15 is 0 Å². The zero-order chi connectivity index (χ0) is 17.6. The van der Waals surface area contributed by atoms with E-state index in [9.17, 15) is 4.79 Å². The summed E-state index contributed by atoms with van der Waals surface area (Å²) in [5.41, 5.74) is 0.951. The molecule has 1 aromatic heterocycles. The van der Waals surface area contributed by atoms with Gasteiger partial charge in [0.2, 0.25) is 5.91 Å². The quantitative estimate of drug-likeness (QED) is 0.806. The van der Waals surface area contributed by atoms with E-state index in [-0.39, 0.29) is 5.91 Å². The maximum atomic E-state index is 12.3. The first-order chi connectivity index (χ1) is 12.2. The van der Waals surface area contributed by atoms with E-state index in [4.69, 9.17) is 9.15 Å². The molecule has 1 fully saturated rings. The van der Waals surface area contributed by atoms with Crippen LogP contribution in [0.1, 0.15) is 19.2 Å². The molecule has 0 radical (unpaired) electrons. The fraction of sp³-hybridized carbons (Fsp3) is 0.474. The lowest BCUT2D eigenvalue weighted by Crippen LogP contribution is -2.47. The van der Waals surface area contributed by atoms with Crippen LogP contribution in [-0.4, -0.2) is 60.5 Å². The van der Waals surface area contributed by atoms with E-state index in [0.717, 1.165) is 37.5 Å². The number of benzene rings is 1. The average molecular weight is 343 g/mol. The maximum Gasteiger partial charge on any atom is 0.223 e. The number of amides is 1. The Bertz CT molecular complexity index is 688. The minimum Gasteiger partial charge on any atom is -0.494 e. The highest BCUT2D eigenvalue weighted by atomic mass is 16.5. The van der Waals surface area contributed by atoms with Gasteiger partial charge >= 0.3 is 0 Å². The highest BCUT2D eigenvalue weighted by molar-refractivity contribution is 5.76. The Morgan fingerprint density at radius 3 is 2.60 bits per heavy atom. The number of piperazine rings is 1. The van der Waals surface area contributed by atoms with Crippen molar-refractivity contribution in [3.63, 3.8) is 0 Å². The monoisotopic (exact) mass is 343 g/mol. The first-order valence-corrected chi connectivity index (χ1v) is 8.80. The Balaban J connectivity index is 1.53. The van der Waals surface area contributed by atoms with Gasteiger partial charge in [0, 0.05) is 44.6 Å². The van der Waals surface area contributed by atoms with Gasteiger partial charge in [0.1, 0.15) is 5.75 Å². The summed E-state index contributed by atoms with van der Waals surface area (Å²) in [5, 5.41) is 0. The number of likely N-dealkylation sites (N-methyl/N-ethyl adjacent to an activating group) is 1. The third kappa shape index (κ3) is 4.60. The summed E-state index contributed by atoms with van der Waals surface area (Å²) in [4.78, 5) is 20.7. The second-order valence-corrected chi connectivity index (χ2v) is 6.26. The van der Waals surface area contributed by atoms with Crippen LogP contribution in [0.25, 0.3) is 11.3 Å². The molecule has 0 saturated carbocycles. The fourth-order valence-corrected chi connectivity index (χ4v) is 2.87. The van der Waals surface area contributed by atoms with Crippen LogP contribution in [0.4, 0.5) is 0 Å². The van der Waals surface area contributed by atoms with Crippen molar-refractivity contribution < 1.29 is 13.9 Å². The van der Waals surface area contributed by atoms with Crippen LogP contribution in [0.3, 0.4) is 0 Å². The molecule has 0 aliphatic carbocycles. The molecule has 1 aliphatic heterocycles. The third-order valence-electron chi connectivity index (χ3n) is 4.41. The zero-order valence-corrected chi connectivity index (χ0v) is 14.9. The molecule has 0 atom stereocenters. The van der Waals surface area contributed by atoms with Crippen molar-refractivity contribution in [1.82, 2.24) is 14.8 Å². The number of carbonyl (C=O) groups excluding carboxylic acids is 1. The van der Waals surface area contributed by atoms with Crippen LogP contribution in [0.15, 0.2) is 34.9 Å². The normalized spacial score (nSPS) is 15.4. The summed E-state index contributed by atoms with van der Waals surface area (Å²) < 4.78 is 11.2. The summed E-state index contributed by atoms with van der Waals surface area (Å²) in [6.45, 7) is 6.09. The average Bonchev–Trinajstić information content (AvgIpc) is 3.10. The summed E-state index contributed by atoms with van der Waals surface area (Å²) in [6.07, 6.45) is 2.68. The standard InChI is InChI=1S/C19H25N3O3/c1-3-24-16-6-4-15(5-7-16)17-14-20-18(25-17)8-9-19(23)22-12-10-21(2)11-13-22/h4-7,14H,3,8-13H2,1-2H3. The van der Waals surface area contributed by atoms with Gasteiger partial charge in [-0.3, -0.25) is 4.79 Å². The molecule has 0 spiro atoms. The van der Waals surface area contributed by atoms with Gasteiger partial charge in [0.15, 0.2) is 11.7 Å². The highest BCUT2D eigenvalue weighted by Gasteiger charge is 2.19. The predicted octanol–water partition coefficient (Wildman–Crippen LogP) is 2.45. The molecule has 6 heteroatoms. The molecular formula is C19H25N3O3. The number of aromatic nitrogens is 1. The topological polar surface area (TPSA) is 58.8 Å². The van der Waals surface area contributed by atoms with Crippen molar-refractivity contribution in [1.29, 1.82) is 0 Å². The van der Waals surface area contributed by atoms with Crippen LogP contribution in [0.2, 0.25) is 0 Å². The molecule has 2 aromatic rings. The van der Waals surface area contributed by atoms with Crippen LogP contribution >= 0.6 is 0 Å². The number of oxazole rings is 1. The number of hydrogen-bond acceptors (Lipinski definition) is 5. The summed E-state index contributed by atoms with van der Waals surface area (Å²) in [5.74, 6) is 2.33. The van der Waals surface area contributed by atoms with E-state index in [2.05, 4.69) is 16.9 Å². The van der Waals surface area contributed by atoms with E-state index in [0.29, 0.717) is 31.1 Å². The predicted molar refractivity (Wildman–Crippen MR) is 95.5 cm³/mol. The Labute approximate surface area is 148 Å². The van der Waals surface area contributed by atoms with Gasteiger partial charge in [-0.25, -0.2) is 4.98 Å². The van der Waals surface area contributed by atoms with Crippen LogP contribution in [0.5, 0.6) is 5.75 Å². The Kier molecular flexibility index (Phi) is 5.71. The van der Waals surface area contributed by atoms with Crippen molar-refractivity contribution in [2.45, 2.75) is 19.8 Å². The molecule has 1 aliphatic rings. The molecule has 0 bridgehead atoms. The fourth-order valence-electron chi connectivity index (χ4n) is 2.87. The molecule has 134 valence electrons. The maximum absolute atomic E-state index is 12.3. The van der Waals surface area contributed by atoms with Crippen molar-refractivity contribution in [3.05, 3.63) is 36.4 Å². The van der Waals surface area contributed by atoms with E-state index in [1.165, 1.54) is 0 Å². The first kappa shape index (κ1) is 17.5. The third-order valence-corrected chi connectivity index (χ3v) is 4.41. The number of rotatable bonds is 6. The van der Waals surface area contributed by atoms with E-state index in [1.54, 1.807) is 6.20 Å². The minimum absolute atomic E-state index is 0.175. The molecular weight excluding hydrogens is 318 g/mol. The van der Waals surface area contributed by atoms with Gasteiger partial charge in [-0.15, -0.1) is 0 Å². The lowest BCUT2D eigenvalue weighted by molar-refractivity contribution is -0.132. The molecule has 0 N–H and O–H groups in total. The highest BCUT2D eigenvalue weighted by Crippen LogP contribution is 2.23. The van der Waals surface area contributed by atoms with Crippen LogP contribution < -0.4 is 4.74 Å². The minimum atomic E-state index is 0.175. The molecule has 3 rings (SSSR count). The largest absolute Gasteiger partial charge is 0.494 e. The molecule has 25 heavy (non-hydrogen) atoms. The van der Waals surface area contributed by atoms with Gasteiger partial charge in [0.25, 0.3) is 0 Å². The van der Waals surface area contributed by atoms with Gasteiger partial charge in [-0.2, -0.15) is 0 Å². The number of hydrogen-bond donors (Lipinski definition) is 0. The number of aryl methyl sites for hydroxylation is 1. The molecule has 2 heterocycles. The molecule has 6 nitrogen and oxygen atoms in total. The lowest BCUT2D eigenvalue weighted by atomic mass is 10.2. The van der Waals surface area contributed by atoms with E-state index < -0.39 is 0 Å². The lowest BCUT2D eigenvalue weighted by Gasteiger charge is -2.32. The van der Waals surface area contributed by atoms with Crippen molar-refractivity contribution in [2.24, 2.45) is 0 Å². The Morgan fingerprint density at radius 2 is 1.92 bits per heavy atom. The first-order valence-electron chi connectivity index (χ1n) is 8.80. The molecule has 0 unspecified atom stereocenters. The molecule has 1 saturated heterocycles. The second kappa shape index (κ2) is 8.16.